The number of rotatable bonds is 11. The van der Waals surface area contributed by atoms with Crippen LogP contribution in [-0.4, -0.2) is 26.0 Å². The third kappa shape index (κ3) is 8.63. The van der Waals surface area contributed by atoms with Gasteiger partial charge in [-0.25, -0.2) is 0 Å². The average molecular weight is 490 g/mol. The SMILES string of the molecule is CCc1cc(OCC=C(Cl)Cl)cc(C)c1OCCCO/N=C/c1ccc(C(F)(F)F)cc1. The number of benzene rings is 2. The lowest BCUT2D eigenvalue weighted by molar-refractivity contribution is -0.137. The van der Waals surface area contributed by atoms with Crippen LogP contribution < -0.4 is 9.47 Å². The van der Waals surface area contributed by atoms with Crippen LogP contribution in [0.4, 0.5) is 13.2 Å². The summed E-state index contributed by atoms with van der Waals surface area (Å²) in [5.41, 5.74) is 1.78. The number of nitrogens with zero attached hydrogens (tertiary/aromatic N) is 1. The van der Waals surface area contributed by atoms with E-state index >= 15 is 0 Å². The van der Waals surface area contributed by atoms with Crippen molar-refractivity contribution in [3.05, 3.63) is 69.2 Å². The van der Waals surface area contributed by atoms with E-state index in [0.29, 0.717) is 30.9 Å². The van der Waals surface area contributed by atoms with Crippen LogP contribution in [0.2, 0.25) is 0 Å². The molecule has 0 saturated carbocycles. The van der Waals surface area contributed by atoms with E-state index in [2.05, 4.69) is 5.16 Å². The van der Waals surface area contributed by atoms with Crippen LogP contribution in [0.5, 0.6) is 11.5 Å². The van der Waals surface area contributed by atoms with Crippen molar-refractivity contribution in [1.82, 2.24) is 0 Å². The standard InChI is InChI=1S/C23H24Cl2F3NO3/c1-3-18-14-20(30-12-9-21(24)25)13-16(2)22(18)31-10-4-11-32-29-15-17-5-7-19(8-6-17)23(26,27)28/h5-9,13-15H,3-4,10-12H2,1-2H3/b29-15+. The van der Waals surface area contributed by atoms with Crippen LogP contribution >= 0.6 is 23.2 Å². The maximum absolute atomic E-state index is 12.5. The Morgan fingerprint density at radius 3 is 2.41 bits per heavy atom. The number of hydrogen-bond donors (Lipinski definition) is 0. The molecule has 174 valence electrons. The van der Waals surface area contributed by atoms with Gasteiger partial charge in [0.05, 0.1) is 18.4 Å². The Bertz CT molecular complexity index is 925. The minimum absolute atomic E-state index is 0.156. The van der Waals surface area contributed by atoms with Gasteiger partial charge in [0, 0.05) is 6.42 Å². The minimum atomic E-state index is -4.36. The summed E-state index contributed by atoms with van der Waals surface area (Å²) in [6, 6.07) is 8.48. The first kappa shape index (κ1) is 25.9. The first-order valence-corrected chi connectivity index (χ1v) is 10.7. The van der Waals surface area contributed by atoms with Crippen molar-refractivity contribution in [2.45, 2.75) is 32.9 Å². The van der Waals surface area contributed by atoms with Gasteiger partial charge in [-0.2, -0.15) is 13.2 Å². The zero-order valence-corrected chi connectivity index (χ0v) is 19.2. The monoisotopic (exact) mass is 489 g/mol. The second-order valence-corrected chi connectivity index (χ2v) is 7.78. The molecule has 9 heteroatoms. The van der Waals surface area contributed by atoms with E-state index < -0.39 is 11.7 Å². The molecular formula is C23H24Cl2F3NO3. The average Bonchev–Trinajstić information content (AvgIpc) is 2.73. The van der Waals surface area contributed by atoms with E-state index in [4.69, 9.17) is 37.5 Å². The molecule has 0 N–H and O–H groups in total. The van der Waals surface area contributed by atoms with Gasteiger partial charge in [-0.1, -0.05) is 47.4 Å². The molecule has 0 saturated heterocycles. The summed E-state index contributed by atoms with van der Waals surface area (Å²) < 4.78 is 49.4. The summed E-state index contributed by atoms with van der Waals surface area (Å²) in [6.07, 6.45) is -0.0663. The molecule has 32 heavy (non-hydrogen) atoms. The lowest BCUT2D eigenvalue weighted by atomic mass is 10.1. The largest absolute Gasteiger partial charge is 0.493 e. The highest BCUT2D eigenvalue weighted by Crippen LogP contribution is 2.30. The smallest absolute Gasteiger partial charge is 0.416 e. The molecule has 4 nitrogen and oxygen atoms in total. The first-order chi connectivity index (χ1) is 15.2. The number of oxime groups is 1. The van der Waals surface area contributed by atoms with Gasteiger partial charge in [-0.15, -0.1) is 0 Å². The Labute approximate surface area is 195 Å². The minimum Gasteiger partial charge on any atom is -0.493 e. The Morgan fingerprint density at radius 1 is 1.06 bits per heavy atom. The summed E-state index contributed by atoms with van der Waals surface area (Å²) in [6.45, 7) is 4.98. The topological polar surface area (TPSA) is 40.0 Å². The predicted octanol–water partition coefficient (Wildman–Crippen LogP) is 7.09. The number of alkyl halides is 3. The second-order valence-electron chi connectivity index (χ2n) is 6.78. The van der Waals surface area contributed by atoms with Gasteiger partial charge in [-0.3, -0.25) is 0 Å². The fraction of sp³-hybridized carbons (Fsp3) is 0.348. The number of halogens is 5. The lowest BCUT2D eigenvalue weighted by Gasteiger charge is -2.15. The Balaban J connectivity index is 1.78. The van der Waals surface area contributed by atoms with Crippen LogP contribution in [0.3, 0.4) is 0 Å². The molecule has 0 spiro atoms. The van der Waals surface area contributed by atoms with Crippen LogP contribution in [0.15, 0.2) is 52.1 Å². The van der Waals surface area contributed by atoms with Crippen molar-refractivity contribution in [2.24, 2.45) is 5.16 Å². The van der Waals surface area contributed by atoms with Crippen molar-refractivity contribution in [2.75, 3.05) is 19.8 Å². The molecule has 0 atom stereocenters. The lowest BCUT2D eigenvalue weighted by Crippen LogP contribution is -2.05. The van der Waals surface area contributed by atoms with Crippen LogP contribution in [0, 0.1) is 6.92 Å². The quantitative estimate of drug-likeness (QED) is 0.192. The molecule has 0 aliphatic heterocycles. The molecule has 0 radical (unpaired) electrons. The van der Waals surface area contributed by atoms with Gasteiger partial charge < -0.3 is 14.3 Å². The molecule has 0 aromatic heterocycles. The van der Waals surface area contributed by atoms with E-state index in [0.717, 1.165) is 35.4 Å². The normalized spacial score (nSPS) is 11.5. The predicted molar refractivity (Wildman–Crippen MR) is 121 cm³/mol. The van der Waals surface area contributed by atoms with Gasteiger partial charge in [-0.05, 0) is 60.4 Å². The molecule has 0 amide bonds. The Kier molecular flexibility index (Phi) is 10.2. The third-order valence-corrected chi connectivity index (χ3v) is 4.64. The van der Waals surface area contributed by atoms with Crippen molar-refractivity contribution >= 4 is 29.4 Å². The fourth-order valence-corrected chi connectivity index (χ4v) is 2.90. The van der Waals surface area contributed by atoms with Gasteiger partial charge in [0.15, 0.2) is 0 Å². The van der Waals surface area contributed by atoms with Gasteiger partial charge >= 0.3 is 6.18 Å². The van der Waals surface area contributed by atoms with E-state index in [1.807, 2.05) is 26.0 Å². The molecule has 0 bridgehead atoms. The van der Waals surface area contributed by atoms with Gasteiger partial charge in [0.25, 0.3) is 0 Å². The molecule has 0 unspecified atom stereocenters. The molecular weight excluding hydrogens is 466 g/mol. The first-order valence-electron chi connectivity index (χ1n) is 9.93. The van der Waals surface area contributed by atoms with Gasteiger partial charge in [0.2, 0.25) is 0 Å². The molecule has 0 aliphatic carbocycles. The zero-order valence-electron chi connectivity index (χ0n) is 17.7. The van der Waals surface area contributed by atoms with Crippen molar-refractivity contribution in [1.29, 1.82) is 0 Å². The number of ether oxygens (including phenoxy) is 2. The summed E-state index contributed by atoms with van der Waals surface area (Å²) in [4.78, 5) is 5.16. The second kappa shape index (κ2) is 12.6. The van der Waals surface area contributed by atoms with Crippen LogP contribution in [-0.2, 0) is 17.4 Å². The third-order valence-electron chi connectivity index (χ3n) is 4.33. The van der Waals surface area contributed by atoms with Gasteiger partial charge in [0.1, 0.15) is 29.2 Å². The van der Waals surface area contributed by atoms with E-state index in [9.17, 15) is 13.2 Å². The fourth-order valence-electron chi connectivity index (χ4n) is 2.77. The summed E-state index contributed by atoms with van der Waals surface area (Å²) >= 11 is 11.2. The van der Waals surface area contributed by atoms with E-state index in [1.165, 1.54) is 18.3 Å². The zero-order chi connectivity index (χ0) is 23.6. The summed E-state index contributed by atoms with van der Waals surface area (Å²) in [7, 11) is 0. The molecule has 0 aliphatic rings. The number of aryl methyl sites for hydroxylation is 2. The molecule has 0 heterocycles. The number of hydrogen-bond acceptors (Lipinski definition) is 4. The summed E-state index contributed by atoms with van der Waals surface area (Å²) in [5, 5.41) is 3.78. The Hall–Kier alpha value is -2.38. The van der Waals surface area contributed by atoms with E-state index in [1.54, 1.807) is 6.08 Å². The molecule has 2 aromatic rings. The maximum atomic E-state index is 12.5. The maximum Gasteiger partial charge on any atom is 0.416 e. The van der Waals surface area contributed by atoms with Crippen LogP contribution in [0.1, 0.15) is 35.6 Å². The highest BCUT2D eigenvalue weighted by Gasteiger charge is 2.29. The Morgan fingerprint density at radius 2 is 1.78 bits per heavy atom. The summed E-state index contributed by atoms with van der Waals surface area (Å²) in [5.74, 6) is 1.51. The highest BCUT2D eigenvalue weighted by molar-refractivity contribution is 6.55. The van der Waals surface area contributed by atoms with Crippen molar-refractivity contribution < 1.29 is 27.5 Å². The van der Waals surface area contributed by atoms with E-state index in [-0.39, 0.29) is 11.1 Å². The highest BCUT2D eigenvalue weighted by atomic mass is 35.5. The van der Waals surface area contributed by atoms with Crippen molar-refractivity contribution in [3.63, 3.8) is 0 Å². The van der Waals surface area contributed by atoms with Crippen molar-refractivity contribution in [3.8, 4) is 11.5 Å². The molecule has 2 aromatic carbocycles. The molecule has 2 rings (SSSR count). The van der Waals surface area contributed by atoms with Crippen LogP contribution in [0.25, 0.3) is 0 Å². The molecule has 0 fully saturated rings.